The van der Waals surface area contributed by atoms with Crippen LogP contribution in [-0.4, -0.2) is 23.2 Å². The van der Waals surface area contributed by atoms with E-state index in [1.165, 1.54) is 13.2 Å². The second-order valence-corrected chi connectivity index (χ2v) is 2.40. The van der Waals surface area contributed by atoms with Gasteiger partial charge in [0, 0.05) is 12.1 Å². The molecule has 0 aliphatic carbocycles. The van der Waals surface area contributed by atoms with E-state index in [0.29, 0.717) is 5.88 Å². The highest BCUT2D eigenvalue weighted by molar-refractivity contribution is 5.89. The van der Waals surface area contributed by atoms with Crippen molar-refractivity contribution < 1.29 is 19.0 Å². The van der Waals surface area contributed by atoms with Gasteiger partial charge in [0.05, 0.1) is 12.8 Å². The highest BCUT2D eigenvalue weighted by atomic mass is 19.1. The van der Waals surface area contributed by atoms with Crippen LogP contribution in [-0.2, 0) is 4.79 Å². The van der Waals surface area contributed by atoms with Gasteiger partial charge in [0.2, 0.25) is 11.7 Å². The fourth-order valence-corrected chi connectivity index (χ4v) is 0.816. The third kappa shape index (κ3) is 2.55. The Kier molecular flexibility index (Phi) is 3.17. The third-order valence-electron chi connectivity index (χ3n) is 1.43. The molecule has 0 saturated carbocycles. The average Bonchev–Trinajstić information content (AvgIpc) is 2.18. The minimum atomic E-state index is -1.62. The predicted molar refractivity (Wildman–Crippen MR) is 47.5 cm³/mol. The normalized spacial score (nSPS) is 11.1. The first-order chi connectivity index (χ1) is 6.63. The molecule has 0 radical (unpaired) electrons. The zero-order chi connectivity index (χ0) is 10.6. The summed E-state index contributed by atoms with van der Waals surface area (Å²) in [6.45, 7) is 0. The summed E-state index contributed by atoms with van der Waals surface area (Å²) in [5.41, 5.74) is 0.198. The van der Waals surface area contributed by atoms with E-state index in [1.54, 1.807) is 12.1 Å². The van der Waals surface area contributed by atoms with E-state index in [0.717, 1.165) is 6.08 Å². The molecule has 1 aromatic rings. The summed E-state index contributed by atoms with van der Waals surface area (Å²) in [5, 5.41) is 8.27. The van der Waals surface area contributed by atoms with Crippen molar-refractivity contribution in [3.63, 3.8) is 0 Å². The summed E-state index contributed by atoms with van der Waals surface area (Å²) in [4.78, 5) is 14.0. The van der Waals surface area contributed by atoms with Crippen LogP contribution in [0.1, 0.15) is 5.69 Å². The zero-order valence-corrected chi connectivity index (χ0v) is 7.40. The van der Waals surface area contributed by atoms with E-state index < -0.39 is 11.8 Å². The Morgan fingerprint density at radius 2 is 2.36 bits per heavy atom. The number of carboxylic acid groups (broad SMARTS) is 1. The van der Waals surface area contributed by atoms with Gasteiger partial charge in [-0.25, -0.2) is 9.78 Å². The average molecular weight is 197 g/mol. The summed E-state index contributed by atoms with van der Waals surface area (Å²) in [6, 6.07) is 4.65. The van der Waals surface area contributed by atoms with Crippen LogP contribution in [0.15, 0.2) is 24.0 Å². The number of ether oxygens (including phenoxy) is 1. The van der Waals surface area contributed by atoms with E-state index in [-0.39, 0.29) is 5.69 Å². The van der Waals surface area contributed by atoms with Crippen molar-refractivity contribution in [1.82, 2.24) is 4.98 Å². The van der Waals surface area contributed by atoms with Crippen LogP contribution in [0.5, 0.6) is 5.88 Å². The Morgan fingerprint density at radius 1 is 1.64 bits per heavy atom. The number of pyridine rings is 1. The fourth-order valence-electron chi connectivity index (χ4n) is 0.816. The zero-order valence-electron chi connectivity index (χ0n) is 7.40. The Labute approximate surface area is 79.7 Å². The van der Waals surface area contributed by atoms with Crippen molar-refractivity contribution in [2.45, 2.75) is 0 Å². The quantitative estimate of drug-likeness (QED) is 0.745. The molecule has 4 nitrogen and oxygen atoms in total. The number of aliphatic carboxylic acids is 1. The lowest BCUT2D eigenvalue weighted by molar-refractivity contribution is -0.134. The molecule has 1 aromatic heterocycles. The van der Waals surface area contributed by atoms with Crippen molar-refractivity contribution in [3.8, 4) is 5.88 Å². The molecular formula is C9H8FNO3. The van der Waals surface area contributed by atoms with E-state index in [9.17, 15) is 9.18 Å². The SMILES string of the molecule is COc1cccc(/C=C(/F)C(=O)O)n1. The van der Waals surface area contributed by atoms with Gasteiger partial charge < -0.3 is 9.84 Å². The molecule has 0 bridgehead atoms. The smallest absolute Gasteiger partial charge is 0.364 e. The van der Waals surface area contributed by atoms with Gasteiger partial charge >= 0.3 is 5.97 Å². The van der Waals surface area contributed by atoms with Crippen LogP contribution in [0.3, 0.4) is 0 Å². The maximum atomic E-state index is 12.6. The van der Waals surface area contributed by atoms with Crippen LogP contribution in [0.4, 0.5) is 4.39 Å². The van der Waals surface area contributed by atoms with E-state index in [2.05, 4.69) is 4.98 Å². The van der Waals surface area contributed by atoms with Crippen molar-refractivity contribution in [2.24, 2.45) is 0 Å². The number of rotatable bonds is 3. The lowest BCUT2D eigenvalue weighted by Crippen LogP contribution is -1.95. The van der Waals surface area contributed by atoms with Crippen LogP contribution in [0.2, 0.25) is 0 Å². The molecule has 0 saturated heterocycles. The molecule has 0 aliphatic rings. The first-order valence-corrected chi connectivity index (χ1v) is 3.75. The van der Waals surface area contributed by atoms with Gasteiger partial charge in [-0.2, -0.15) is 4.39 Å². The lowest BCUT2D eigenvalue weighted by atomic mass is 10.3. The Balaban J connectivity index is 2.97. The van der Waals surface area contributed by atoms with Crippen LogP contribution in [0.25, 0.3) is 6.08 Å². The second-order valence-electron chi connectivity index (χ2n) is 2.40. The summed E-state index contributed by atoms with van der Waals surface area (Å²) in [7, 11) is 1.42. The lowest BCUT2D eigenvalue weighted by Gasteiger charge is -1.98. The Bertz CT molecular complexity index is 376. The molecule has 1 rings (SSSR count). The predicted octanol–water partition coefficient (Wildman–Crippen LogP) is 1.49. The van der Waals surface area contributed by atoms with Crippen LogP contribution < -0.4 is 4.74 Å². The maximum absolute atomic E-state index is 12.6. The first kappa shape index (κ1) is 10.2. The third-order valence-corrected chi connectivity index (χ3v) is 1.43. The first-order valence-electron chi connectivity index (χ1n) is 3.75. The van der Waals surface area contributed by atoms with E-state index in [4.69, 9.17) is 9.84 Å². The molecule has 0 fully saturated rings. The molecule has 0 spiro atoms. The van der Waals surface area contributed by atoms with Crippen molar-refractivity contribution in [2.75, 3.05) is 7.11 Å². The van der Waals surface area contributed by atoms with Crippen molar-refractivity contribution >= 4 is 12.0 Å². The molecule has 0 unspecified atom stereocenters. The second kappa shape index (κ2) is 4.36. The number of carbonyl (C=O) groups is 1. The number of aromatic nitrogens is 1. The van der Waals surface area contributed by atoms with Gasteiger partial charge in [-0.3, -0.25) is 0 Å². The number of nitrogens with zero attached hydrogens (tertiary/aromatic N) is 1. The molecule has 0 amide bonds. The monoisotopic (exact) mass is 197 g/mol. The number of carboxylic acids is 1. The summed E-state index contributed by atoms with van der Waals surface area (Å²) in [6.07, 6.45) is 0.824. The van der Waals surface area contributed by atoms with Crippen molar-refractivity contribution in [3.05, 3.63) is 29.7 Å². The number of hydrogen-bond donors (Lipinski definition) is 1. The molecule has 1 heterocycles. The molecule has 0 aliphatic heterocycles. The van der Waals surface area contributed by atoms with Crippen LogP contribution >= 0.6 is 0 Å². The number of hydrogen-bond acceptors (Lipinski definition) is 3. The Morgan fingerprint density at radius 3 is 2.93 bits per heavy atom. The largest absolute Gasteiger partial charge is 0.481 e. The molecule has 14 heavy (non-hydrogen) atoms. The highest BCUT2D eigenvalue weighted by Gasteiger charge is 2.05. The highest BCUT2D eigenvalue weighted by Crippen LogP contribution is 2.10. The number of halogens is 1. The Hall–Kier alpha value is -1.91. The molecular weight excluding hydrogens is 189 g/mol. The molecule has 74 valence electrons. The van der Waals surface area contributed by atoms with E-state index >= 15 is 0 Å². The summed E-state index contributed by atoms with van der Waals surface area (Å²) < 4.78 is 17.4. The number of methoxy groups -OCH3 is 1. The fraction of sp³-hybridized carbons (Fsp3) is 0.111. The molecule has 0 aromatic carbocycles. The van der Waals surface area contributed by atoms with Gasteiger partial charge in [0.25, 0.3) is 0 Å². The van der Waals surface area contributed by atoms with Gasteiger partial charge in [-0.05, 0) is 6.07 Å². The van der Waals surface area contributed by atoms with Gasteiger partial charge in [0.15, 0.2) is 0 Å². The minimum absolute atomic E-state index is 0.198. The summed E-state index contributed by atoms with van der Waals surface area (Å²) >= 11 is 0. The standard InChI is InChI=1S/C9H8FNO3/c1-14-8-4-2-3-6(11-8)5-7(10)9(12)13/h2-5H,1H3,(H,12,13)/b7-5+. The molecule has 5 heteroatoms. The summed E-state index contributed by atoms with van der Waals surface area (Å²) in [5.74, 6) is -2.57. The van der Waals surface area contributed by atoms with Gasteiger partial charge in [-0.15, -0.1) is 0 Å². The van der Waals surface area contributed by atoms with Gasteiger partial charge in [0.1, 0.15) is 0 Å². The minimum Gasteiger partial charge on any atom is -0.481 e. The van der Waals surface area contributed by atoms with E-state index in [1.807, 2.05) is 0 Å². The topological polar surface area (TPSA) is 59.4 Å². The maximum Gasteiger partial charge on any atom is 0.364 e. The molecule has 1 N–H and O–H groups in total. The van der Waals surface area contributed by atoms with Gasteiger partial charge in [-0.1, -0.05) is 6.07 Å². The molecule has 0 atom stereocenters. The van der Waals surface area contributed by atoms with Crippen molar-refractivity contribution in [1.29, 1.82) is 0 Å². The van der Waals surface area contributed by atoms with Crippen LogP contribution in [0, 0.1) is 0 Å².